The second-order valence-corrected chi connectivity index (χ2v) is 9.05. The Morgan fingerprint density at radius 2 is 1.39 bits per heavy atom. The molecule has 0 saturated carbocycles. The van der Waals surface area contributed by atoms with Crippen molar-refractivity contribution in [2.45, 2.75) is 57.8 Å². The van der Waals surface area contributed by atoms with Crippen molar-refractivity contribution in [2.75, 3.05) is 26.4 Å². The Balaban J connectivity index is 1.88. The number of hydrogen-bond donors (Lipinski definition) is 0. The molecule has 2 aromatic rings. The lowest BCUT2D eigenvalue weighted by Crippen LogP contribution is -2.56. The minimum atomic E-state index is -4.41. The molecular weight excluding hydrogens is 503 g/mol. The maximum atomic E-state index is 13.4. The Hall–Kier alpha value is -3.40. The summed E-state index contributed by atoms with van der Waals surface area (Å²) in [5.41, 5.74) is 0.423. The van der Waals surface area contributed by atoms with E-state index in [9.17, 15) is 27.6 Å². The first-order chi connectivity index (χ1) is 18.1. The third-order valence-electron chi connectivity index (χ3n) is 6.52. The van der Waals surface area contributed by atoms with E-state index in [1.807, 2.05) is 0 Å². The van der Waals surface area contributed by atoms with Crippen LogP contribution in [-0.2, 0) is 41.3 Å². The van der Waals surface area contributed by atoms with E-state index in [4.69, 9.17) is 14.2 Å². The van der Waals surface area contributed by atoms with Crippen LogP contribution in [0.15, 0.2) is 48.5 Å². The Bertz CT molecular complexity index is 1090. The summed E-state index contributed by atoms with van der Waals surface area (Å²) >= 11 is 0. The molecule has 0 bridgehead atoms. The maximum Gasteiger partial charge on any atom is 0.416 e. The van der Waals surface area contributed by atoms with E-state index in [0.29, 0.717) is 37.2 Å². The topological polar surface area (TPSA) is 82.1 Å². The van der Waals surface area contributed by atoms with Gasteiger partial charge in [-0.3, -0.25) is 14.4 Å². The van der Waals surface area contributed by atoms with Crippen LogP contribution in [0.2, 0.25) is 0 Å². The van der Waals surface area contributed by atoms with Gasteiger partial charge < -0.3 is 19.1 Å². The van der Waals surface area contributed by atoms with Crippen molar-refractivity contribution in [3.05, 3.63) is 59.7 Å². The number of benzene rings is 2. The summed E-state index contributed by atoms with van der Waals surface area (Å²) in [4.78, 5) is 39.7. The lowest BCUT2D eigenvalue weighted by atomic mass is 9.83. The molecule has 1 heterocycles. The van der Waals surface area contributed by atoms with E-state index in [-0.39, 0.29) is 26.2 Å². The zero-order chi connectivity index (χ0) is 27.8. The van der Waals surface area contributed by atoms with Gasteiger partial charge in [-0.2, -0.15) is 13.2 Å². The Labute approximate surface area is 219 Å². The molecule has 1 aliphatic heterocycles. The number of carbonyl (C=O) groups excluding carboxylic acids is 3. The molecule has 3 rings (SSSR count). The highest BCUT2D eigenvalue weighted by Gasteiger charge is 2.43. The number of hydrogen-bond acceptors (Lipinski definition) is 6. The molecule has 0 atom stereocenters. The number of nitrogens with zero attached hydrogens (tertiary/aromatic N) is 1. The van der Waals surface area contributed by atoms with Crippen LogP contribution >= 0.6 is 0 Å². The molecule has 206 valence electrons. The first-order valence-corrected chi connectivity index (χ1v) is 12.5. The number of rotatable bonds is 10. The lowest BCUT2D eigenvalue weighted by molar-refractivity contribution is -0.158. The van der Waals surface area contributed by atoms with Crippen molar-refractivity contribution in [1.29, 1.82) is 0 Å². The number of esters is 2. The molecular formula is C28H32F3NO6. The second kappa shape index (κ2) is 12.9. The van der Waals surface area contributed by atoms with Gasteiger partial charge >= 0.3 is 18.1 Å². The van der Waals surface area contributed by atoms with Gasteiger partial charge in [0.05, 0.1) is 30.7 Å². The summed E-state index contributed by atoms with van der Waals surface area (Å²) in [6, 6.07) is 11.9. The van der Waals surface area contributed by atoms with Gasteiger partial charge in [0.1, 0.15) is 6.42 Å². The normalized spacial score (nSPS) is 15.0. The Kier molecular flexibility index (Phi) is 9.90. The average molecular weight is 536 g/mol. The highest BCUT2D eigenvalue weighted by atomic mass is 19.4. The van der Waals surface area contributed by atoms with E-state index in [0.717, 1.165) is 17.7 Å². The van der Waals surface area contributed by atoms with Crippen LogP contribution in [0.25, 0.3) is 11.1 Å². The summed E-state index contributed by atoms with van der Waals surface area (Å²) < 4.78 is 54.3. The van der Waals surface area contributed by atoms with Gasteiger partial charge in [-0.25, -0.2) is 0 Å². The minimum Gasteiger partial charge on any atom is -0.466 e. The van der Waals surface area contributed by atoms with E-state index in [1.165, 1.54) is 12.1 Å². The first-order valence-electron chi connectivity index (χ1n) is 12.5. The SMILES string of the molecule is CCOC(=O)CC(=O)N(Cc1ccc(-c2ccc(C(F)(F)F)cc2)cc1)C1(CC(=O)OCC)CCOCC1. The molecule has 0 spiro atoms. The number of carbonyl (C=O) groups is 3. The van der Waals surface area contributed by atoms with Crippen molar-refractivity contribution >= 4 is 17.8 Å². The van der Waals surface area contributed by atoms with Gasteiger partial charge in [0.25, 0.3) is 0 Å². The fourth-order valence-electron chi connectivity index (χ4n) is 4.56. The number of alkyl halides is 3. The molecule has 38 heavy (non-hydrogen) atoms. The van der Waals surface area contributed by atoms with Crippen LogP contribution < -0.4 is 0 Å². The minimum absolute atomic E-state index is 0.0393. The quantitative estimate of drug-likeness (QED) is 0.309. The van der Waals surface area contributed by atoms with E-state index in [1.54, 1.807) is 43.0 Å². The van der Waals surface area contributed by atoms with Crippen LogP contribution in [0, 0.1) is 0 Å². The maximum absolute atomic E-state index is 13.4. The zero-order valence-corrected chi connectivity index (χ0v) is 21.5. The van der Waals surface area contributed by atoms with Gasteiger partial charge in [-0.1, -0.05) is 36.4 Å². The van der Waals surface area contributed by atoms with Crippen molar-refractivity contribution in [3.63, 3.8) is 0 Å². The highest BCUT2D eigenvalue weighted by molar-refractivity contribution is 5.95. The van der Waals surface area contributed by atoms with Crippen LogP contribution in [-0.4, -0.2) is 54.7 Å². The largest absolute Gasteiger partial charge is 0.466 e. The smallest absolute Gasteiger partial charge is 0.416 e. The van der Waals surface area contributed by atoms with Gasteiger partial charge in [0, 0.05) is 19.8 Å². The lowest BCUT2D eigenvalue weighted by Gasteiger charge is -2.46. The van der Waals surface area contributed by atoms with Crippen LogP contribution in [0.4, 0.5) is 13.2 Å². The highest BCUT2D eigenvalue weighted by Crippen LogP contribution is 2.35. The Morgan fingerprint density at radius 3 is 1.92 bits per heavy atom. The first kappa shape index (κ1) is 29.2. The molecule has 0 aliphatic carbocycles. The predicted molar refractivity (Wildman–Crippen MR) is 133 cm³/mol. The number of halogens is 3. The third kappa shape index (κ3) is 7.56. The molecule has 1 saturated heterocycles. The molecule has 0 N–H and O–H groups in total. The molecule has 1 fully saturated rings. The van der Waals surface area contributed by atoms with Gasteiger partial charge in [0.2, 0.25) is 5.91 Å². The molecule has 10 heteroatoms. The molecule has 1 amide bonds. The fourth-order valence-corrected chi connectivity index (χ4v) is 4.56. The summed E-state index contributed by atoms with van der Waals surface area (Å²) in [6.45, 7) is 4.50. The molecule has 0 aromatic heterocycles. The summed E-state index contributed by atoms with van der Waals surface area (Å²) in [7, 11) is 0. The summed E-state index contributed by atoms with van der Waals surface area (Å²) in [5.74, 6) is -1.57. The fraction of sp³-hybridized carbons (Fsp3) is 0.464. The molecule has 7 nitrogen and oxygen atoms in total. The molecule has 0 unspecified atom stereocenters. The standard InChI is InChI=1S/C28H32F3NO6/c1-3-37-25(34)17-24(33)32(27(13-15-36-16-14-27)18-26(35)38-4-2)19-20-5-7-21(8-6-20)22-9-11-23(12-10-22)28(29,30)31/h5-12H,3-4,13-19H2,1-2H3. The summed E-state index contributed by atoms with van der Waals surface area (Å²) in [6.07, 6.45) is -4.13. The average Bonchev–Trinajstić information content (AvgIpc) is 2.88. The van der Waals surface area contributed by atoms with Gasteiger partial charge in [-0.05, 0) is 55.5 Å². The molecule has 2 aromatic carbocycles. The van der Waals surface area contributed by atoms with E-state index < -0.39 is 41.5 Å². The number of ether oxygens (including phenoxy) is 3. The van der Waals surface area contributed by atoms with E-state index in [2.05, 4.69) is 0 Å². The van der Waals surface area contributed by atoms with Crippen molar-refractivity contribution in [1.82, 2.24) is 4.90 Å². The molecule has 0 radical (unpaired) electrons. The van der Waals surface area contributed by atoms with Crippen LogP contribution in [0.3, 0.4) is 0 Å². The second-order valence-electron chi connectivity index (χ2n) is 9.05. The summed E-state index contributed by atoms with van der Waals surface area (Å²) in [5, 5.41) is 0. The van der Waals surface area contributed by atoms with Gasteiger partial charge in [-0.15, -0.1) is 0 Å². The Morgan fingerprint density at radius 1 is 0.868 bits per heavy atom. The molecule has 1 aliphatic rings. The monoisotopic (exact) mass is 535 g/mol. The van der Waals surface area contributed by atoms with Crippen molar-refractivity contribution in [3.8, 4) is 11.1 Å². The van der Waals surface area contributed by atoms with Gasteiger partial charge in [0.15, 0.2) is 0 Å². The predicted octanol–water partition coefficient (Wildman–Crippen LogP) is 5.16. The number of amides is 1. The van der Waals surface area contributed by atoms with Crippen LogP contribution in [0.5, 0.6) is 0 Å². The van der Waals surface area contributed by atoms with Crippen molar-refractivity contribution in [2.24, 2.45) is 0 Å². The third-order valence-corrected chi connectivity index (χ3v) is 6.52. The zero-order valence-electron chi connectivity index (χ0n) is 21.5. The van der Waals surface area contributed by atoms with E-state index >= 15 is 0 Å². The van der Waals surface area contributed by atoms with Crippen molar-refractivity contribution < 1.29 is 41.8 Å². The van der Waals surface area contributed by atoms with Crippen LogP contribution in [0.1, 0.15) is 50.7 Å².